The molecule has 1 amide bonds. The van der Waals surface area contributed by atoms with E-state index in [9.17, 15) is 4.79 Å². The quantitative estimate of drug-likeness (QED) is 0.897. The minimum atomic E-state index is 0.116. The zero-order valence-electron chi connectivity index (χ0n) is 11.4. The third kappa shape index (κ3) is 3.34. The Morgan fingerprint density at radius 1 is 1.47 bits per heavy atom. The number of nitrogens with one attached hydrogen (secondary N) is 1. The summed E-state index contributed by atoms with van der Waals surface area (Å²) in [5.74, 6) is 0.843. The van der Waals surface area contributed by atoms with Crippen molar-refractivity contribution in [1.29, 1.82) is 0 Å². The second kappa shape index (κ2) is 5.59. The molecule has 3 rings (SSSR count). The number of carbonyl (C=O) groups excluding carboxylic acids is 1. The van der Waals surface area contributed by atoms with Crippen molar-refractivity contribution in [3.8, 4) is 0 Å². The van der Waals surface area contributed by atoms with Crippen molar-refractivity contribution in [3.63, 3.8) is 0 Å². The fraction of sp³-hybridized carbons (Fsp3) is 0.714. The van der Waals surface area contributed by atoms with Gasteiger partial charge in [0, 0.05) is 24.5 Å². The van der Waals surface area contributed by atoms with Gasteiger partial charge in [-0.1, -0.05) is 0 Å². The number of aromatic nitrogens is 1. The van der Waals surface area contributed by atoms with E-state index in [2.05, 4.69) is 10.3 Å². The van der Waals surface area contributed by atoms with Crippen LogP contribution in [-0.2, 0) is 0 Å². The van der Waals surface area contributed by atoms with Gasteiger partial charge in [0.05, 0.1) is 5.01 Å². The third-order valence-electron chi connectivity index (χ3n) is 3.90. The molecule has 1 aliphatic heterocycles. The Morgan fingerprint density at radius 3 is 2.89 bits per heavy atom. The van der Waals surface area contributed by atoms with Gasteiger partial charge < -0.3 is 10.2 Å². The van der Waals surface area contributed by atoms with E-state index in [-0.39, 0.29) is 5.91 Å². The van der Waals surface area contributed by atoms with Crippen molar-refractivity contribution in [2.75, 3.05) is 19.6 Å². The standard InChI is InChI=1S/C14H21N3OS/c1-10-16-13(9-19-10)14(18)17(7-11-4-5-11)8-12-3-2-6-15-12/h9,11-12,15H,2-8H2,1H3. The van der Waals surface area contributed by atoms with Gasteiger partial charge in [0.1, 0.15) is 5.69 Å². The summed E-state index contributed by atoms with van der Waals surface area (Å²) in [6.07, 6.45) is 4.96. The molecule has 1 aromatic heterocycles. The number of carbonyl (C=O) groups is 1. The molecule has 5 heteroatoms. The molecule has 2 fully saturated rings. The van der Waals surface area contributed by atoms with Crippen molar-refractivity contribution in [2.45, 2.75) is 38.6 Å². The predicted octanol–water partition coefficient (Wildman–Crippen LogP) is 2.06. The number of aryl methyl sites for hydroxylation is 1. The first-order valence-corrected chi connectivity index (χ1v) is 8.05. The Morgan fingerprint density at radius 2 is 2.32 bits per heavy atom. The second-order valence-corrected chi connectivity index (χ2v) is 6.76. The largest absolute Gasteiger partial charge is 0.335 e. The Labute approximate surface area is 118 Å². The Hall–Kier alpha value is -0.940. The van der Waals surface area contributed by atoms with Crippen molar-refractivity contribution in [3.05, 3.63) is 16.1 Å². The number of thiazole rings is 1. The van der Waals surface area contributed by atoms with Gasteiger partial charge in [0.15, 0.2) is 0 Å². The van der Waals surface area contributed by atoms with Crippen molar-refractivity contribution in [2.24, 2.45) is 5.92 Å². The second-order valence-electron chi connectivity index (χ2n) is 5.70. The van der Waals surface area contributed by atoms with Crippen LogP contribution in [0.3, 0.4) is 0 Å². The van der Waals surface area contributed by atoms with Gasteiger partial charge >= 0.3 is 0 Å². The molecule has 2 aliphatic rings. The van der Waals surface area contributed by atoms with Crippen LogP contribution in [0.2, 0.25) is 0 Å². The minimum Gasteiger partial charge on any atom is -0.335 e. The highest BCUT2D eigenvalue weighted by Gasteiger charge is 2.30. The van der Waals surface area contributed by atoms with Gasteiger partial charge in [-0.2, -0.15) is 0 Å². The number of hydrogen-bond acceptors (Lipinski definition) is 4. The van der Waals surface area contributed by atoms with E-state index in [4.69, 9.17) is 0 Å². The summed E-state index contributed by atoms with van der Waals surface area (Å²) in [6, 6.07) is 0.474. The zero-order valence-corrected chi connectivity index (χ0v) is 12.2. The van der Waals surface area contributed by atoms with E-state index >= 15 is 0 Å². The van der Waals surface area contributed by atoms with Crippen LogP contribution in [0, 0.1) is 12.8 Å². The van der Waals surface area contributed by atoms with Crippen LogP contribution in [0.4, 0.5) is 0 Å². The normalized spacial score (nSPS) is 22.7. The van der Waals surface area contributed by atoms with Crippen LogP contribution >= 0.6 is 11.3 Å². The molecule has 1 N–H and O–H groups in total. The molecular weight excluding hydrogens is 258 g/mol. The molecule has 4 nitrogen and oxygen atoms in total. The number of nitrogens with zero attached hydrogens (tertiary/aromatic N) is 2. The van der Waals surface area contributed by atoms with Gasteiger partial charge in [0.2, 0.25) is 0 Å². The molecule has 1 unspecified atom stereocenters. The third-order valence-corrected chi connectivity index (χ3v) is 4.68. The first-order chi connectivity index (χ1) is 9.22. The van der Waals surface area contributed by atoms with Crippen LogP contribution in [0.15, 0.2) is 5.38 Å². The first kappa shape index (κ1) is 13.1. The van der Waals surface area contributed by atoms with E-state index in [0.29, 0.717) is 11.7 Å². The summed E-state index contributed by atoms with van der Waals surface area (Å²) in [6.45, 7) is 4.79. The summed E-state index contributed by atoms with van der Waals surface area (Å²) in [5, 5.41) is 6.34. The molecular formula is C14H21N3OS. The fourth-order valence-electron chi connectivity index (χ4n) is 2.65. The van der Waals surface area contributed by atoms with E-state index in [1.807, 2.05) is 17.2 Å². The Balaban J connectivity index is 1.67. The summed E-state index contributed by atoms with van der Waals surface area (Å²) in [5.41, 5.74) is 0.626. The number of rotatable bonds is 5. The molecule has 0 aromatic carbocycles. The van der Waals surface area contributed by atoms with Gasteiger partial charge in [0.25, 0.3) is 5.91 Å². The molecule has 0 spiro atoms. The number of hydrogen-bond donors (Lipinski definition) is 1. The average Bonchev–Trinajstić information content (AvgIpc) is 2.89. The van der Waals surface area contributed by atoms with Gasteiger partial charge in [-0.3, -0.25) is 4.79 Å². The highest BCUT2D eigenvalue weighted by Crippen LogP contribution is 2.30. The van der Waals surface area contributed by atoms with Crippen molar-refractivity contribution in [1.82, 2.24) is 15.2 Å². The van der Waals surface area contributed by atoms with Gasteiger partial charge in [-0.15, -0.1) is 11.3 Å². The lowest BCUT2D eigenvalue weighted by Crippen LogP contribution is -2.42. The van der Waals surface area contributed by atoms with E-state index < -0.39 is 0 Å². The summed E-state index contributed by atoms with van der Waals surface area (Å²) < 4.78 is 0. The lowest BCUT2D eigenvalue weighted by molar-refractivity contribution is 0.0728. The molecule has 19 heavy (non-hydrogen) atoms. The minimum absolute atomic E-state index is 0.116. The summed E-state index contributed by atoms with van der Waals surface area (Å²) in [4.78, 5) is 18.9. The predicted molar refractivity (Wildman–Crippen MR) is 76.5 cm³/mol. The van der Waals surface area contributed by atoms with Gasteiger partial charge in [-0.25, -0.2) is 4.98 Å². The lowest BCUT2D eigenvalue weighted by atomic mass is 10.2. The van der Waals surface area contributed by atoms with E-state index in [1.165, 1.54) is 25.7 Å². The van der Waals surface area contributed by atoms with E-state index in [0.717, 1.165) is 30.6 Å². The first-order valence-electron chi connectivity index (χ1n) is 7.17. The van der Waals surface area contributed by atoms with E-state index in [1.54, 1.807) is 11.3 Å². The maximum Gasteiger partial charge on any atom is 0.273 e. The zero-order chi connectivity index (χ0) is 13.2. The highest BCUT2D eigenvalue weighted by molar-refractivity contribution is 7.09. The smallest absolute Gasteiger partial charge is 0.273 e. The molecule has 1 saturated carbocycles. The lowest BCUT2D eigenvalue weighted by Gasteiger charge is -2.25. The Kier molecular flexibility index (Phi) is 3.84. The molecule has 1 aliphatic carbocycles. The molecule has 1 atom stereocenters. The van der Waals surface area contributed by atoms with Crippen molar-refractivity contribution < 1.29 is 4.79 Å². The topological polar surface area (TPSA) is 45.2 Å². The molecule has 1 aromatic rings. The van der Waals surface area contributed by atoms with Gasteiger partial charge in [-0.05, 0) is 45.1 Å². The number of amides is 1. The van der Waals surface area contributed by atoms with Crippen LogP contribution in [0.5, 0.6) is 0 Å². The van der Waals surface area contributed by atoms with Crippen LogP contribution in [0.1, 0.15) is 41.2 Å². The summed E-state index contributed by atoms with van der Waals surface area (Å²) in [7, 11) is 0. The molecule has 0 radical (unpaired) electrons. The summed E-state index contributed by atoms with van der Waals surface area (Å²) >= 11 is 1.55. The molecule has 2 heterocycles. The fourth-order valence-corrected chi connectivity index (χ4v) is 3.24. The van der Waals surface area contributed by atoms with Crippen LogP contribution in [-0.4, -0.2) is 41.5 Å². The maximum atomic E-state index is 12.6. The Bertz CT molecular complexity index is 449. The average molecular weight is 279 g/mol. The van der Waals surface area contributed by atoms with Crippen molar-refractivity contribution >= 4 is 17.2 Å². The SMILES string of the molecule is Cc1nc(C(=O)N(CC2CC2)CC2CCCN2)cs1. The maximum absolute atomic E-state index is 12.6. The molecule has 0 bridgehead atoms. The molecule has 1 saturated heterocycles. The highest BCUT2D eigenvalue weighted by atomic mass is 32.1. The molecule has 104 valence electrons. The van der Waals surface area contributed by atoms with Crippen LogP contribution in [0.25, 0.3) is 0 Å². The monoisotopic (exact) mass is 279 g/mol. The van der Waals surface area contributed by atoms with Crippen LogP contribution < -0.4 is 5.32 Å².